The van der Waals surface area contributed by atoms with Crippen LogP contribution in [0.2, 0.25) is 0 Å². The van der Waals surface area contributed by atoms with Crippen LogP contribution in [0.15, 0.2) is 12.5 Å². The van der Waals surface area contributed by atoms with Crippen LogP contribution in [0.1, 0.15) is 31.9 Å². The van der Waals surface area contributed by atoms with Gasteiger partial charge in [-0.1, -0.05) is 0 Å². The summed E-state index contributed by atoms with van der Waals surface area (Å²) in [5.74, 6) is 0.313. The van der Waals surface area contributed by atoms with E-state index in [2.05, 4.69) is 33.3 Å². The zero-order valence-electron chi connectivity index (χ0n) is 16.5. The molecule has 26 heavy (non-hydrogen) atoms. The minimum Gasteiger partial charge on any atom is -0.383 e. The average Bonchev–Trinajstić information content (AvgIpc) is 3.01. The first kappa shape index (κ1) is 19.3. The molecule has 7 heteroatoms. The second-order valence-electron chi connectivity index (χ2n) is 7.65. The van der Waals surface area contributed by atoms with Crippen LogP contribution >= 0.6 is 0 Å². The number of likely N-dealkylation sites (N-methyl/N-ethyl adjacent to an activating group) is 1. The number of nitrogens with zero attached hydrogens (tertiary/aromatic N) is 5. The van der Waals surface area contributed by atoms with E-state index in [0.717, 1.165) is 58.7 Å². The number of likely N-dealkylation sites (tertiary alicyclic amines) is 1. The van der Waals surface area contributed by atoms with E-state index >= 15 is 0 Å². The van der Waals surface area contributed by atoms with Gasteiger partial charge in [-0.2, -0.15) is 0 Å². The Labute approximate surface area is 156 Å². The van der Waals surface area contributed by atoms with Gasteiger partial charge in [0.15, 0.2) is 0 Å². The summed E-state index contributed by atoms with van der Waals surface area (Å²) in [5.41, 5.74) is 1.34. The van der Waals surface area contributed by atoms with Crippen LogP contribution in [0.4, 0.5) is 0 Å². The fourth-order valence-corrected chi connectivity index (χ4v) is 4.34. The smallest absolute Gasteiger partial charge is 0.222 e. The lowest BCUT2D eigenvalue weighted by atomic mass is 9.86. The maximum absolute atomic E-state index is 12.3. The Morgan fingerprint density at radius 1 is 1.27 bits per heavy atom. The van der Waals surface area contributed by atoms with E-state index in [-0.39, 0.29) is 5.54 Å². The van der Waals surface area contributed by atoms with Crippen molar-refractivity contribution in [1.29, 1.82) is 0 Å². The van der Waals surface area contributed by atoms with Gasteiger partial charge < -0.3 is 14.2 Å². The second-order valence-corrected chi connectivity index (χ2v) is 7.65. The number of carbonyl (C=O) groups is 1. The van der Waals surface area contributed by atoms with Gasteiger partial charge in [0.1, 0.15) is 0 Å². The van der Waals surface area contributed by atoms with Crippen molar-refractivity contribution in [2.45, 2.75) is 44.8 Å². The Bertz CT molecular complexity index is 605. The quantitative estimate of drug-likeness (QED) is 0.756. The molecule has 0 N–H and O–H groups in total. The predicted molar refractivity (Wildman–Crippen MR) is 101 cm³/mol. The fourth-order valence-electron chi connectivity index (χ4n) is 4.34. The van der Waals surface area contributed by atoms with E-state index in [1.54, 1.807) is 7.11 Å². The van der Waals surface area contributed by atoms with E-state index < -0.39 is 0 Å². The third-order valence-corrected chi connectivity index (χ3v) is 6.19. The SMILES string of the molecule is CCN1CCC2(CCC1=O)CN(Cc1cncn1CCOC)CCN2C. The molecular weight excluding hydrogens is 330 g/mol. The lowest BCUT2D eigenvalue weighted by Crippen LogP contribution is -2.60. The number of piperazine rings is 1. The standard InChI is InChI=1S/C19H33N5O2/c1-4-23-8-7-19(6-5-18(23)25)15-22(10-9-21(19)2)14-17-13-20-16-24(17)11-12-26-3/h13,16H,4-12,14-15H2,1-3H3. The molecule has 3 heterocycles. The lowest BCUT2D eigenvalue weighted by Gasteiger charge is -2.49. The highest BCUT2D eigenvalue weighted by Crippen LogP contribution is 2.32. The Balaban J connectivity index is 1.68. The number of aromatic nitrogens is 2. The summed E-state index contributed by atoms with van der Waals surface area (Å²) >= 11 is 0. The molecule has 2 aliphatic rings. The molecule has 2 aliphatic heterocycles. The van der Waals surface area contributed by atoms with Gasteiger partial charge in [-0.15, -0.1) is 0 Å². The van der Waals surface area contributed by atoms with Crippen molar-refractivity contribution in [3.05, 3.63) is 18.2 Å². The molecule has 1 aromatic heterocycles. The number of methoxy groups -OCH3 is 1. The summed E-state index contributed by atoms with van der Waals surface area (Å²) in [6.07, 6.45) is 6.54. The molecule has 7 nitrogen and oxygen atoms in total. The summed E-state index contributed by atoms with van der Waals surface area (Å²) < 4.78 is 7.39. The van der Waals surface area contributed by atoms with Gasteiger partial charge in [0.05, 0.1) is 18.6 Å². The Morgan fingerprint density at radius 2 is 2.12 bits per heavy atom. The van der Waals surface area contributed by atoms with E-state index in [1.807, 2.05) is 17.4 Å². The zero-order valence-corrected chi connectivity index (χ0v) is 16.5. The molecule has 2 saturated heterocycles. The van der Waals surface area contributed by atoms with Crippen molar-refractivity contribution in [2.24, 2.45) is 0 Å². The van der Waals surface area contributed by atoms with Gasteiger partial charge in [0.25, 0.3) is 0 Å². The lowest BCUT2D eigenvalue weighted by molar-refractivity contribution is -0.130. The van der Waals surface area contributed by atoms with E-state index in [9.17, 15) is 4.79 Å². The molecule has 0 saturated carbocycles. The van der Waals surface area contributed by atoms with E-state index in [0.29, 0.717) is 18.9 Å². The molecule has 0 aliphatic carbocycles. The largest absolute Gasteiger partial charge is 0.383 e. The number of hydrogen-bond donors (Lipinski definition) is 0. The summed E-state index contributed by atoms with van der Waals surface area (Å²) in [7, 11) is 3.96. The highest BCUT2D eigenvalue weighted by molar-refractivity contribution is 5.76. The first-order valence-corrected chi connectivity index (χ1v) is 9.77. The zero-order chi connectivity index (χ0) is 18.6. The Morgan fingerprint density at radius 3 is 2.88 bits per heavy atom. The normalized spacial score (nSPS) is 25.8. The Kier molecular flexibility index (Phi) is 6.32. The highest BCUT2D eigenvalue weighted by Gasteiger charge is 2.42. The van der Waals surface area contributed by atoms with Crippen molar-refractivity contribution in [1.82, 2.24) is 24.3 Å². The molecule has 0 bridgehead atoms. The first-order valence-electron chi connectivity index (χ1n) is 9.77. The number of imidazole rings is 1. The van der Waals surface area contributed by atoms with E-state index in [4.69, 9.17) is 4.74 Å². The summed E-state index contributed by atoms with van der Waals surface area (Å²) in [4.78, 5) is 23.7. The number of hydrogen-bond acceptors (Lipinski definition) is 5. The number of amides is 1. The molecule has 1 amide bonds. The second kappa shape index (κ2) is 8.50. The molecule has 146 valence electrons. The molecule has 2 fully saturated rings. The predicted octanol–water partition coefficient (Wildman–Crippen LogP) is 1.05. The average molecular weight is 364 g/mol. The van der Waals surface area contributed by atoms with E-state index in [1.165, 1.54) is 5.69 Å². The molecular formula is C19H33N5O2. The van der Waals surface area contributed by atoms with Crippen LogP contribution in [0, 0.1) is 0 Å². The van der Waals surface area contributed by atoms with Crippen LogP contribution in [0.3, 0.4) is 0 Å². The van der Waals surface area contributed by atoms with Gasteiger partial charge in [0, 0.05) is 71.1 Å². The third kappa shape index (κ3) is 4.10. The molecule has 0 radical (unpaired) electrons. The topological polar surface area (TPSA) is 53.8 Å². The van der Waals surface area contributed by atoms with Crippen LogP contribution in [0.5, 0.6) is 0 Å². The minimum absolute atomic E-state index is 0.106. The van der Waals surface area contributed by atoms with Crippen molar-refractivity contribution in [3.8, 4) is 0 Å². The molecule has 3 rings (SSSR count). The van der Waals surface area contributed by atoms with Crippen molar-refractivity contribution in [3.63, 3.8) is 0 Å². The number of carbonyl (C=O) groups excluding carboxylic acids is 1. The fraction of sp³-hybridized carbons (Fsp3) is 0.789. The summed E-state index contributed by atoms with van der Waals surface area (Å²) in [6, 6.07) is 0. The summed E-state index contributed by atoms with van der Waals surface area (Å²) in [6.45, 7) is 9.34. The first-order chi connectivity index (χ1) is 12.6. The molecule has 1 atom stereocenters. The molecule has 1 aromatic rings. The maximum Gasteiger partial charge on any atom is 0.222 e. The van der Waals surface area contributed by atoms with Crippen molar-refractivity contribution >= 4 is 5.91 Å². The van der Waals surface area contributed by atoms with Crippen LogP contribution in [0.25, 0.3) is 0 Å². The van der Waals surface area contributed by atoms with Gasteiger partial charge in [-0.05, 0) is 26.8 Å². The minimum atomic E-state index is 0.106. The maximum atomic E-state index is 12.3. The van der Waals surface area contributed by atoms with Crippen LogP contribution in [-0.2, 0) is 22.6 Å². The monoisotopic (exact) mass is 363 g/mol. The number of ether oxygens (including phenoxy) is 1. The van der Waals surface area contributed by atoms with Gasteiger partial charge in [0.2, 0.25) is 5.91 Å². The van der Waals surface area contributed by atoms with Crippen LogP contribution in [-0.4, -0.2) is 89.2 Å². The highest BCUT2D eigenvalue weighted by atomic mass is 16.5. The molecule has 1 unspecified atom stereocenters. The molecule has 0 aromatic carbocycles. The molecule has 1 spiro atoms. The van der Waals surface area contributed by atoms with Crippen molar-refractivity contribution < 1.29 is 9.53 Å². The third-order valence-electron chi connectivity index (χ3n) is 6.19. The van der Waals surface area contributed by atoms with Gasteiger partial charge in [-0.25, -0.2) is 4.98 Å². The van der Waals surface area contributed by atoms with Gasteiger partial charge in [-0.3, -0.25) is 14.6 Å². The van der Waals surface area contributed by atoms with Crippen molar-refractivity contribution in [2.75, 3.05) is 53.5 Å². The van der Waals surface area contributed by atoms with Crippen LogP contribution < -0.4 is 0 Å². The Hall–Kier alpha value is -1.44. The van der Waals surface area contributed by atoms with Gasteiger partial charge >= 0.3 is 0 Å². The summed E-state index contributed by atoms with van der Waals surface area (Å²) in [5, 5.41) is 0. The number of rotatable bonds is 6.